The zero-order valence-electron chi connectivity index (χ0n) is 11.4. The van der Waals surface area contributed by atoms with Crippen LogP contribution in [0.3, 0.4) is 0 Å². The van der Waals surface area contributed by atoms with E-state index in [4.69, 9.17) is 4.74 Å². The molecule has 1 aliphatic heterocycles. The van der Waals surface area contributed by atoms with E-state index in [1.807, 2.05) is 12.3 Å². The van der Waals surface area contributed by atoms with Gasteiger partial charge in [-0.05, 0) is 37.1 Å². The Morgan fingerprint density at radius 2 is 2.26 bits per heavy atom. The molecule has 1 aliphatic rings. The Morgan fingerprint density at radius 1 is 1.32 bits per heavy atom. The van der Waals surface area contributed by atoms with E-state index in [0.29, 0.717) is 5.92 Å². The van der Waals surface area contributed by atoms with E-state index in [9.17, 15) is 0 Å². The van der Waals surface area contributed by atoms with Crippen LogP contribution in [0.2, 0.25) is 0 Å². The fraction of sp³-hybridized carbons (Fsp3) is 0.438. The van der Waals surface area contributed by atoms with Crippen molar-refractivity contribution in [3.63, 3.8) is 0 Å². The van der Waals surface area contributed by atoms with E-state index in [0.717, 1.165) is 31.8 Å². The number of hydrogen-bond donors (Lipinski definition) is 0. The quantitative estimate of drug-likeness (QED) is 0.841. The summed E-state index contributed by atoms with van der Waals surface area (Å²) in [5.74, 6) is 0.693. The van der Waals surface area contributed by atoms with E-state index in [2.05, 4.69) is 41.2 Å². The highest BCUT2D eigenvalue weighted by Gasteiger charge is 2.17. The van der Waals surface area contributed by atoms with Gasteiger partial charge in [-0.3, -0.25) is 4.98 Å². The molecule has 0 amide bonds. The summed E-state index contributed by atoms with van der Waals surface area (Å²) in [5, 5.41) is 1.26. The van der Waals surface area contributed by atoms with Crippen LogP contribution in [0.4, 0.5) is 0 Å². The molecule has 100 valence electrons. The molecular formula is C16H20N2O. The number of nitrogens with zero attached hydrogens (tertiary/aromatic N) is 2. The van der Waals surface area contributed by atoms with Crippen molar-refractivity contribution >= 4 is 10.9 Å². The van der Waals surface area contributed by atoms with Crippen LogP contribution in [0.5, 0.6) is 0 Å². The number of hydrogen-bond acceptors (Lipinski definition) is 3. The van der Waals surface area contributed by atoms with Gasteiger partial charge in [0.15, 0.2) is 0 Å². The molecule has 3 nitrogen and oxygen atoms in total. The molecule has 1 fully saturated rings. The van der Waals surface area contributed by atoms with Crippen molar-refractivity contribution in [1.29, 1.82) is 0 Å². The average Bonchev–Trinajstić information content (AvgIpc) is 2.92. The standard InChI is InChI=1S/C16H20N2O/c1-18(10-13-7-9-19-12-13)11-14-4-2-6-16-15(14)5-3-8-17-16/h2-6,8,13H,7,9-12H2,1H3/t13-/m0/s1. The number of pyridine rings is 1. The minimum atomic E-state index is 0.693. The van der Waals surface area contributed by atoms with E-state index >= 15 is 0 Å². The first-order valence-corrected chi connectivity index (χ1v) is 6.92. The van der Waals surface area contributed by atoms with Crippen molar-refractivity contribution in [3.05, 3.63) is 42.1 Å². The van der Waals surface area contributed by atoms with Crippen LogP contribution in [0.15, 0.2) is 36.5 Å². The van der Waals surface area contributed by atoms with Crippen molar-refractivity contribution < 1.29 is 4.74 Å². The molecular weight excluding hydrogens is 236 g/mol. The lowest BCUT2D eigenvalue weighted by Crippen LogP contribution is -2.25. The van der Waals surface area contributed by atoms with Crippen molar-refractivity contribution in [3.8, 4) is 0 Å². The van der Waals surface area contributed by atoms with Gasteiger partial charge in [-0.2, -0.15) is 0 Å². The molecule has 0 spiro atoms. The Labute approximate surface area is 114 Å². The highest BCUT2D eigenvalue weighted by Crippen LogP contribution is 2.19. The molecule has 0 unspecified atom stereocenters. The third kappa shape index (κ3) is 2.94. The number of ether oxygens (including phenoxy) is 1. The number of benzene rings is 1. The number of rotatable bonds is 4. The second kappa shape index (κ2) is 5.68. The van der Waals surface area contributed by atoms with Crippen LogP contribution in [0, 0.1) is 5.92 Å². The van der Waals surface area contributed by atoms with Gasteiger partial charge in [0, 0.05) is 31.3 Å². The Bertz CT molecular complexity index is 544. The molecule has 0 bridgehead atoms. The Kier molecular flexibility index (Phi) is 3.76. The van der Waals surface area contributed by atoms with Gasteiger partial charge >= 0.3 is 0 Å². The highest BCUT2D eigenvalue weighted by molar-refractivity contribution is 5.81. The molecule has 1 atom stereocenters. The number of fused-ring (bicyclic) bond motifs is 1. The van der Waals surface area contributed by atoms with Gasteiger partial charge in [-0.1, -0.05) is 18.2 Å². The van der Waals surface area contributed by atoms with Crippen LogP contribution in [0.25, 0.3) is 10.9 Å². The average molecular weight is 256 g/mol. The SMILES string of the molecule is CN(Cc1cccc2ncccc12)C[C@@H]1CCOC1. The summed E-state index contributed by atoms with van der Waals surface area (Å²) in [6.45, 7) is 3.92. The molecule has 0 saturated carbocycles. The smallest absolute Gasteiger partial charge is 0.0705 e. The van der Waals surface area contributed by atoms with Gasteiger partial charge < -0.3 is 9.64 Å². The fourth-order valence-electron chi connectivity index (χ4n) is 2.83. The van der Waals surface area contributed by atoms with Gasteiger partial charge in [-0.15, -0.1) is 0 Å². The topological polar surface area (TPSA) is 25.4 Å². The normalized spacial score (nSPS) is 19.4. The first-order valence-electron chi connectivity index (χ1n) is 6.92. The minimum absolute atomic E-state index is 0.693. The van der Waals surface area contributed by atoms with Crippen molar-refractivity contribution in [2.75, 3.05) is 26.8 Å². The second-order valence-corrected chi connectivity index (χ2v) is 5.41. The van der Waals surface area contributed by atoms with Gasteiger partial charge in [0.2, 0.25) is 0 Å². The van der Waals surface area contributed by atoms with Crippen molar-refractivity contribution in [2.24, 2.45) is 5.92 Å². The summed E-state index contributed by atoms with van der Waals surface area (Å²) in [6, 6.07) is 10.5. The minimum Gasteiger partial charge on any atom is -0.381 e. The molecule has 2 aromatic rings. The first kappa shape index (κ1) is 12.6. The van der Waals surface area contributed by atoms with Gasteiger partial charge in [0.1, 0.15) is 0 Å². The maximum Gasteiger partial charge on any atom is 0.0705 e. The predicted octanol–water partition coefficient (Wildman–Crippen LogP) is 2.70. The zero-order chi connectivity index (χ0) is 13.1. The molecule has 2 heterocycles. The fourth-order valence-corrected chi connectivity index (χ4v) is 2.83. The number of aromatic nitrogens is 1. The molecule has 0 aliphatic carbocycles. The van der Waals surface area contributed by atoms with E-state index < -0.39 is 0 Å². The summed E-state index contributed by atoms with van der Waals surface area (Å²) in [4.78, 5) is 6.80. The van der Waals surface area contributed by atoms with Crippen LogP contribution < -0.4 is 0 Å². The van der Waals surface area contributed by atoms with Crippen LogP contribution in [0.1, 0.15) is 12.0 Å². The monoisotopic (exact) mass is 256 g/mol. The van der Waals surface area contributed by atoms with Gasteiger partial charge in [0.25, 0.3) is 0 Å². The van der Waals surface area contributed by atoms with E-state index in [1.165, 1.54) is 17.4 Å². The predicted molar refractivity (Wildman–Crippen MR) is 77.0 cm³/mol. The molecule has 1 aromatic carbocycles. The summed E-state index contributed by atoms with van der Waals surface area (Å²) in [6.07, 6.45) is 3.05. The lowest BCUT2D eigenvalue weighted by atomic mass is 10.1. The third-order valence-corrected chi connectivity index (χ3v) is 3.77. The third-order valence-electron chi connectivity index (χ3n) is 3.77. The van der Waals surface area contributed by atoms with Gasteiger partial charge in [-0.25, -0.2) is 0 Å². The summed E-state index contributed by atoms with van der Waals surface area (Å²) in [5.41, 5.74) is 2.43. The highest BCUT2D eigenvalue weighted by atomic mass is 16.5. The lowest BCUT2D eigenvalue weighted by molar-refractivity contribution is 0.173. The maximum atomic E-state index is 5.44. The van der Waals surface area contributed by atoms with Crippen LogP contribution >= 0.6 is 0 Å². The Morgan fingerprint density at radius 3 is 3.11 bits per heavy atom. The second-order valence-electron chi connectivity index (χ2n) is 5.41. The molecule has 3 heteroatoms. The maximum absolute atomic E-state index is 5.44. The van der Waals surface area contributed by atoms with E-state index in [1.54, 1.807) is 0 Å². The largest absolute Gasteiger partial charge is 0.381 e. The summed E-state index contributed by atoms with van der Waals surface area (Å²) >= 11 is 0. The molecule has 3 rings (SSSR count). The van der Waals surface area contributed by atoms with Crippen LogP contribution in [-0.2, 0) is 11.3 Å². The molecule has 1 aromatic heterocycles. The van der Waals surface area contributed by atoms with Crippen molar-refractivity contribution in [1.82, 2.24) is 9.88 Å². The summed E-state index contributed by atoms with van der Waals surface area (Å²) in [7, 11) is 2.19. The summed E-state index contributed by atoms with van der Waals surface area (Å²) < 4.78 is 5.44. The van der Waals surface area contributed by atoms with Crippen LogP contribution in [-0.4, -0.2) is 36.7 Å². The molecule has 0 radical (unpaired) electrons. The Balaban J connectivity index is 1.73. The lowest BCUT2D eigenvalue weighted by Gasteiger charge is -2.20. The van der Waals surface area contributed by atoms with Crippen molar-refractivity contribution in [2.45, 2.75) is 13.0 Å². The van der Waals surface area contributed by atoms with Gasteiger partial charge in [0.05, 0.1) is 12.1 Å². The first-order chi connectivity index (χ1) is 9.33. The molecule has 1 saturated heterocycles. The Hall–Kier alpha value is -1.45. The molecule has 0 N–H and O–H groups in total. The van der Waals surface area contributed by atoms with E-state index in [-0.39, 0.29) is 0 Å². The zero-order valence-corrected chi connectivity index (χ0v) is 11.4. The molecule has 19 heavy (non-hydrogen) atoms.